The Hall–Kier alpha value is -3.67. The summed E-state index contributed by atoms with van der Waals surface area (Å²) in [6, 6.07) is 14.4. The fraction of sp³-hybridized carbons (Fsp3) is 0.269. The first-order valence-corrected chi connectivity index (χ1v) is 10.6. The maximum atomic E-state index is 13.1. The van der Waals surface area contributed by atoms with Crippen LogP contribution in [0.2, 0.25) is 0 Å². The third kappa shape index (κ3) is 4.64. The Balaban J connectivity index is 1.70. The number of nitrogens with one attached hydrogen (secondary N) is 1. The summed E-state index contributed by atoms with van der Waals surface area (Å²) in [6.45, 7) is 5.28. The number of ether oxygens (including phenoxy) is 1. The first kappa shape index (κ1) is 21.6. The standard InChI is InChI=1S/C26H26N2O4/c1-26(2,3)28-22(30)15-32-25(31)23-19-6-4-5-7-21(19)27-24-17(10-13-20(23)24)14-16-8-11-18(29)12-9-16/h4-9,11-12,14,29H,10,13,15H2,1-3H3,(H,28,30)/b17-14+. The molecule has 0 unspecified atom stereocenters. The van der Waals surface area contributed by atoms with E-state index in [0.717, 1.165) is 34.2 Å². The first-order valence-electron chi connectivity index (χ1n) is 10.6. The van der Waals surface area contributed by atoms with Crippen LogP contribution < -0.4 is 5.32 Å². The number of aromatic nitrogens is 1. The van der Waals surface area contributed by atoms with Gasteiger partial charge in [0.1, 0.15) is 5.75 Å². The highest BCUT2D eigenvalue weighted by Gasteiger charge is 2.28. The molecule has 0 aliphatic heterocycles. The van der Waals surface area contributed by atoms with Crippen molar-refractivity contribution in [2.24, 2.45) is 0 Å². The van der Waals surface area contributed by atoms with Gasteiger partial charge in [0.25, 0.3) is 5.91 Å². The molecule has 0 radical (unpaired) electrons. The van der Waals surface area contributed by atoms with E-state index in [1.807, 2.05) is 63.2 Å². The molecule has 0 atom stereocenters. The number of carbonyl (C=O) groups is 2. The van der Waals surface area contributed by atoms with Crippen LogP contribution in [0.3, 0.4) is 0 Å². The van der Waals surface area contributed by atoms with Gasteiger partial charge in [-0.1, -0.05) is 30.3 Å². The van der Waals surface area contributed by atoms with Gasteiger partial charge in [0.05, 0.1) is 16.8 Å². The minimum absolute atomic E-state index is 0.212. The number of rotatable bonds is 4. The number of allylic oxidation sites excluding steroid dienone is 1. The number of hydrogen-bond donors (Lipinski definition) is 2. The van der Waals surface area contributed by atoms with Crippen LogP contribution in [0.4, 0.5) is 0 Å². The van der Waals surface area contributed by atoms with Gasteiger partial charge in [-0.05, 0) is 74.6 Å². The van der Waals surface area contributed by atoms with Gasteiger partial charge in [0.2, 0.25) is 0 Å². The average Bonchev–Trinajstić information content (AvgIpc) is 3.12. The number of aromatic hydroxyl groups is 1. The summed E-state index contributed by atoms with van der Waals surface area (Å²) in [6.07, 6.45) is 3.43. The van der Waals surface area contributed by atoms with E-state index < -0.39 is 11.5 Å². The molecule has 1 heterocycles. The van der Waals surface area contributed by atoms with E-state index in [0.29, 0.717) is 17.5 Å². The number of phenolic OH excluding ortho intramolecular Hbond substituents is 1. The Morgan fingerprint density at radius 2 is 1.81 bits per heavy atom. The molecule has 0 saturated heterocycles. The van der Waals surface area contributed by atoms with Crippen LogP contribution in [0.15, 0.2) is 48.5 Å². The predicted octanol–water partition coefficient (Wildman–Crippen LogP) is 4.50. The van der Waals surface area contributed by atoms with Gasteiger partial charge in [0.15, 0.2) is 6.61 Å². The molecule has 1 aliphatic carbocycles. The van der Waals surface area contributed by atoms with Crippen LogP contribution in [-0.2, 0) is 16.0 Å². The van der Waals surface area contributed by atoms with E-state index in [-0.39, 0.29) is 18.3 Å². The summed E-state index contributed by atoms with van der Waals surface area (Å²) in [5.41, 5.74) is 4.37. The minimum atomic E-state index is -0.519. The van der Waals surface area contributed by atoms with Crippen molar-refractivity contribution in [3.63, 3.8) is 0 Å². The van der Waals surface area contributed by atoms with Crippen molar-refractivity contribution in [1.82, 2.24) is 10.3 Å². The molecule has 0 saturated carbocycles. The molecule has 2 aromatic carbocycles. The second-order valence-electron chi connectivity index (χ2n) is 8.97. The first-order chi connectivity index (χ1) is 15.2. The van der Waals surface area contributed by atoms with Crippen molar-refractivity contribution in [1.29, 1.82) is 0 Å². The lowest BCUT2D eigenvalue weighted by molar-refractivity contribution is -0.125. The summed E-state index contributed by atoms with van der Waals surface area (Å²) < 4.78 is 5.41. The van der Waals surface area contributed by atoms with Crippen LogP contribution in [0.1, 0.15) is 54.4 Å². The lowest BCUT2D eigenvalue weighted by atomic mass is 10.0. The fourth-order valence-electron chi connectivity index (χ4n) is 3.94. The number of phenols is 1. The molecule has 32 heavy (non-hydrogen) atoms. The van der Waals surface area contributed by atoms with Gasteiger partial charge in [-0.3, -0.25) is 4.79 Å². The van der Waals surface area contributed by atoms with Crippen LogP contribution in [0.5, 0.6) is 5.75 Å². The van der Waals surface area contributed by atoms with E-state index in [1.54, 1.807) is 12.1 Å². The molecule has 0 spiro atoms. The summed E-state index contributed by atoms with van der Waals surface area (Å²) in [5, 5.41) is 13.0. The van der Waals surface area contributed by atoms with Crippen LogP contribution >= 0.6 is 0 Å². The molecule has 164 valence electrons. The van der Waals surface area contributed by atoms with Crippen LogP contribution in [-0.4, -0.2) is 34.1 Å². The van der Waals surface area contributed by atoms with Gasteiger partial charge >= 0.3 is 5.97 Å². The molecule has 1 amide bonds. The number of benzene rings is 2. The molecule has 1 aromatic heterocycles. The maximum absolute atomic E-state index is 13.1. The molecule has 1 aliphatic rings. The highest BCUT2D eigenvalue weighted by molar-refractivity contribution is 6.07. The number of amides is 1. The zero-order valence-electron chi connectivity index (χ0n) is 18.4. The third-order valence-electron chi connectivity index (χ3n) is 5.23. The largest absolute Gasteiger partial charge is 0.508 e. The number of hydrogen-bond acceptors (Lipinski definition) is 5. The van der Waals surface area contributed by atoms with Gasteiger partial charge < -0.3 is 15.2 Å². The van der Waals surface area contributed by atoms with Gasteiger partial charge in [-0.15, -0.1) is 0 Å². The lowest BCUT2D eigenvalue weighted by Crippen LogP contribution is -2.42. The van der Waals surface area contributed by atoms with Crippen LogP contribution in [0, 0.1) is 0 Å². The Bertz CT molecular complexity index is 1220. The molecular formula is C26H26N2O4. The second kappa shape index (κ2) is 8.46. The monoisotopic (exact) mass is 430 g/mol. The average molecular weight is 431 g/mol. The fourth-order valence-corrected chi connectivity index (χ4v) is 3.94. The molecule has 0 fully saturated rings. The topological polar surface area (TPSA) is 88.5 Å². The quantitative estimate of drug-likeness (QED) is 0.595. The summed E-state index contributed by atoms with van der Waals surface area (Å²) >= 11 is 0. The van der Waals surface area contributed by atoms with Gasteiger partial charge in [0, 0.05) is 10.9 Å². The van der Waals surface area contributed by atoms with E-state index in [4.69, 9.17) is 9.72 Å². The predicted molar refractivity (Wildman–Crippen MR) is 124 cm³/mol. The number of nitrogens with zero attached hydrogens (tertiary/aromatic N) is 1. The van der Waals surface area contributed by atoms with Crippen molar-refractivity contribution in [2.45, 2.75) is 39.2 Å². The third-order valence-corrected chi connectivity index (χ3v) is 5.23. The van der Waals surface area contributed by atoms with Crippen molar-refractivity contribution in [3.05, 3.63) is 70.9 Å². The highest BCUT2D eigenvalue weighted by Crippen LogP contribution is 2.37. The second-order valence-corrected chi connectivity index (χ2v) is 8.97. The zero-order chi connectivity index (χ0) is 22.9. The Morgan fingerprint density at radius 3 is 2.53 bits per heavy atom. The van der Waals surface area contributed by atoms with E-state index in [9.17, 15) is 14.7 Å². The number of fused-ring (bicyclic) bond motifs is 2. The Labute approximate surface area is 186 Å². The van der Waals surface area contributed by atoms with Crippen molar-refractivity contribution in [3.8, 4) is 5.75 Å². The van der Waals surface area contributed by atoms with E-state index in [2.05, 4.69) is 5.32 Å². The maximum Gasteiger partial charge on any atom is 0.339 e. The summed E-state index contributed by atoms with van der Waals surface area (Å²) in [5.74, 6) is -0.646. The number of para-hydroxylation sites is 1. The molecule has 0 bridgehead atoms. The highest BCUT2D eigenvalue weighted by atomic mass is 16.5. The van der Waals surface area contributed by atoms with E-state index >= 15 is 0 Å². The van der Waals surface area contributed by atoms with E-state index in [1.165, 1.54) is 0 Å². The molecule has 3 aromatic rings. The molecule has 6 nitrogen and oxygen atoms in total. The Morgan fingerprint density at radius 1 is 1.09 bits per heavy atom. The zero-order valence-corrected chi connectivity index (χ0v) is 18.4. The molecular weight excluding hydrogens is 404 g/mol. The SMILES string of the molecule is CC(C)(C)NC(=O)COC(=O)c1c2c(nc3ccccc13)/C(=C/c1ccc(O)cc1)CC2. The number of carbonyl (C=O) groups excluding carboxylic acids is 2. The van der Waals surface area contributed by atoms with Crippen molar-refractivity contribution >= 4 is 34.4 Å². The molecule has 6 heteroatoms. The lowest BCUT2D eigenvalue weighted by Gasteiger charge is -2.20. The number of pyridine rings is 1. The van der Waals surface area contributed by atoms with Crippen molar-refractivity contribution < 1.29 is 19.4 Å². The summed E-state index contributed by atoms with van der Waals surface area (Å²) in [4.78, 5) is 30.1. The molecule has 4 rings (SSSR count). The van der Waals surface area contributed by atoms with Gasteiger partial charge in [-0.25, -0.2) is 9.78 Å². The smallest absolute Gasteiger partial charge is 0.339 e. The van der Waals surface area contributed by atoms with Gasteiger partial charge in [-0.2, -0.15) is 0 Å². The number of esters is 1. The summed E-state index contributed by atoms with van der Waals surface area (Å²) in [7, 11) is 0. The Kier molecular flexibility index (Phi) is 5.70. The van der Waals surface area contributed by atoms with Crippen molar-refractivity contribution in [2.75, 3.05) is 6.61 Å². The normalized spacial score (nSPS) is 14.4. The molecule has 2 N–H and O–H groups in total. The minimum Gasteiger partial charge on any atom is -0.508 e. The van der Waals surface area contributed by atoms with Crippen LogP contribution in [0.25, 0.3) is 22.6 Å².